The number of rotatable bonds is 2. The van der Waals surface area contributed by atoms with Gasteiger partial charge < -0.3 is 9.84 Å². The van der Waals surface area contributed by atoms with E-state index in [4.69, 9.17) is 4.74 Å². The quantitative estimate of drug-likeness (QED) is 0.898. The first-order chi connectivity index (χ1) is 9.52. The van der Waals surface area contributed by atoms with Crippen LogP contribution in [0, 0.1) is 5.82 Å². The number of hydrogen-bond donors (Lipinski definition) is 1. The van der Waals surface area contributed by atoms with Gasteiger partial charge in [0, 0.05) is 10.9 Å². The monoisotopic (exact) mass is 336 g/mol. The van der Waals surface area contributed by atoms with Crippen molar-refractivity contribution in [3.63, 3.8) is 0 Å². The van der Waals surface area contributed by atoms with Crippen molar-refractivity contribution in [2.75, 3.05) is 0 Å². The van der Waals surface area contributed by atoms with Crippen LogP contribution in [0.25, 0.3) is 0 Å². The van der Waals surface area contributed by atoms with Crippen LogP contribution in [0.4, 0.5) is 4.39 Å². The molecule has 104 valence electrons. The second kappa shape index (κ2) is 5.19. The van der Waals surface area contributed by atoms with Gasteiger partial charge in [0.1, 0.15) is 23.8 Å². The van der Waals surface area contributed by atoms with Gasteiger partial charge >= 0.3 is 0 Å². The Labute approximate surface area is 125 Å². The molecule has 0 amide bonds. The molecule has 4 heteroatoms. The van der Waals surface area contributed by atoms with E-state index in [9.17, 15) is 9.50 Å². The molecule has 2 unspecified atom stereocenters. The highest BCUT2D eigenvalue weighted by molar-refractivity contribution is 9.10. The average Bonchev–Trinajstić information content (AvgIpc) is 2.75. The lowest BCUT2D eigenvalue weighted by Gasteiger charge is -2.13. The fraction of sp³-hybridized carbons (Fsp3) is 0.250. The van der Waals surface area contributed by atoms with Crippen LogP contribution in [0.15, 0.2) is 40.9 Å². The zero-order chi connectivity index (χ0) is 14.3. The Kier molecular flexibility index (Phi) is 3.52. The summed E-state index contributed by atoms with van der Waals surface area (Å²) in [6.07, 6.45) is 0.159. The van der Waals surface area contributed by atoms with Crippen molar-refractivity contribution < 1.29 is 14.2 Å². The maximum Gasteiger partial charge on any atom is 0.124 e. The van der Waals surface area contributed by atoms with Crippen LogP contribution in [-0.4, -0.2) is 11.2 Å². The largest absolute Gasteiger partial charge is 0.490 e. The van der Waals surface area contributed by atoms with Crippen molar-refractivity contribution in [2.45, 2.75) is 25.6 Å². The summed E-state index contributed by atoms with van der Waals surface area (Å²) in [7, 11) is 0. The molecule has 0 spiro atoms. The zero-order valence-electron chi connectivity index (χ0n) is 10.9. The van der Waals surface area contributed by atoms with E-state index in [1.165, 1.54) is 12.1 Å². The van der Waals surface area contributed by atoms with Gasteiger partial charge in [-0.2, -0.15) is 0 Å². The highest BCUT2D eigenvalue weighted by atomic mass is 79.9. The van der Waals surface area contributed by atoms with E-state index in [2.05, 4.69) is 15.9 Å². The minimum atomic E-state index is -0.844. The molecule has 20 heavy (non-hydrogen) atoms. The lowest BCUT2D eigenvalue weighted by atomic mass is 9.98. The molecule has 1 aliphatic heterocycles. The summed E-state index contributed by atoms with van der Waals surface area (Å²) >= 11 is 3.24. The Balaban J connectivity index is 1.95. The van der Waals surface area contributed by atoms with Crippen molar-refractivity contribution in [1.82, 2.24) is 0 Å². The minimum Gasteiger partial charge on any atom is -0.490 e. The molecule has 1 aliphatic rings. The van der Waals surface area contributed by atoms with Crippen LogP contribution in [0.2, 0.25) is 0 Å². The fourth-order valence-corrected chi connectivity index (χ4v) is 3.02. The van der Waals surface area contributed by atoms with Crippen LogP contribution < -0.4 is 4.74 Å². The zero-order valence-corrected chi connectivity index (χ0v) is 12.5. The highest BCUT2D eigenvalue weighted by Gasteiger charge is 2.21. The molecular formula is C16H14BrFO2. The van der Waals surface area contributed by atoms with Crippen molar-refractivity contribution in [1.29, 1.82) is 0 Å². The van der Waals surface area contributed by atoms with Gasteiger partial charge in [-0.25, -0.2) is 4.39 Å². The average molecular weight is 337 g/mol. The van der Waals surface area contributed by atoms with Crippen molar-refractivity contribution >= 4 is 15.9 Å². The number of ether oxygens (including phenoxy) is 1. The Morgan fingerprint density at radius 1 is 1.25 bits per heavy atom. The predicted molar refractivity (Wildman–Crippen MR) is 78.4 cm³/mol. The number of aliphatic hydroxyl groups excluding tert-OH is 1. The lowest BCUT2D eigenvalue weighted by Crippen LogP contribution is -2.05. The Morgan fingerprint density at radius 2 is 2.05 bits per heavy atom. The number of hydrogen-bond acceptors (Lipinski definition) is 2. The third-order valence-corrected chi connectivity index (χ3v) is 3.89. The molecule has 0 radical (unpaired) electrons. The second-order valence-electron chi connectivity index (χ2n) is 5.11. The number of fused-ring (bicyclic) bond motifs is 1. The number of benzene rings is 2. The molecule has 2 aromatic rings. The Hall–Kier alpha value is -1.39. The third-order valence-electron chi connectivity index (χ3n) is 3.44. The van der Waals surface area contributed by atoms with Gasteiger partial charge in [-0.15, -0.1) is 0 Å². The third kappa shape index (κ3) is 2.58. The maximum absolute atomic E-state index is 13.4. The number of halogens is 2. The van der Waals surface area contributed by atoms with Gasteiger partial charge in [0.2, 0.25) is 0 Å². The molecule has 2 nitrogen and oxygen atoms in total. The van der Waals surface area contributed by atoms with Crippen LogP contribution in [0.5, 0.6) is 5.75 Å². The first kappa shape index (κ1) is 13.6. The maximum atomic E-state index is 13.4. The summed E-state index contributed by atoms with van der Waals surface area (Å²) in [4.78, 5) is 0. The van der Waals surface area contributed by atoms with E-state index in [0.29, 0.717) is 10.0 Å². The second-order valence-corrected chi connectivity index (χ2v) is 6.02. The molecule has 0 saturated carbocycles. The smallest absolute Gasteiger partial charge is 0.124 e. The molecule has 0 aliphatic carbocycles. The molecule has 0 saturated heterocycles. The molecule has 3 rings (SSSR count). The van der Waals surface area contributed by atoms with E-state index >= 15 is 0 Å². The normalized spacial score (nSPS) is 18.5. The molecule has 1 heterocycles. The summed E-state index contributed by atoms with van der Waals surface area (Å²) in [5.41, 5.74) is 2.37. The molecule has 2 atom stereocenters. The van der Waals surface area contributed by atoms with Crippen LogP contribution >= 0.6 is 15.9 Å². The van der Waals surface area contributed by atoms with E-state index in [1.54, 1.807) is 6.07 Å². The van der Waals surface area contributed by atoms with Gasteiger partial charge in [-0.1, -0.05) is 22.0 Å². The standard InChI is InChI=1S/C16H14BrFO2/c1-9-4-11-5-10(2-3-15(11)20-9)16(19)12-6-13(17)8-14(18)7-12/h2-3,5-9,16,19H,4H2,1H3. The summed E-state index contributed by atoms with van der Waals surface area (Å²) in [6.45, 7) is 2.01. The molecule has 0 fully saturated rings. The van der Waals surface area contributed by atoms with Gasteiger partial charge in [0.15, 0.2) is 0 Å². The number of aliphatic hydroxyl groups is 1. The van der Waals surface area contributed by atoms with Gasteiger partial charge in [-0.05, 0) is 53.9 Å². The van der Waals surface area contributed by atoms with Crippen molar-refractivity contribution in [3.8, 4) is 5.75 Å². The first-order valence-electron chi connectivity index (χ1n) is 6.46. The van der Waals surface area contributed by atoms with Gasteiger partial charge in [0.05, 0.1) is 0 Å². The SMILES string of the molecule is CC1Cc2cc(C(O)c3cc(F)cc(Br)c3)ccc2O1. The molecule has 1 N–H and O–H groups in total. The van der Waals surface area contributed by atoms with Gasteiger partial charge in [0.25, 0.3) is 0 Å². The predicted octanol–water partition coefficient (Wildman–Crippen LogP) is 3.99. The molecule has 2 aromatic carbocycles. The van der Waals surface area contributed by atoms with E-state index in [0.717, 1.165) is 23.3 Å². The van der Waals surface area contributed by atoms with Crippen molar-refractivity contribution in [2.24, 2.45) is 0 Å². The first-order valence-corrected chi connectivity index (χ1v) is 7.26. The van der Waals surface area contributed by atoms with Gasteiger partial charge in [-0.3, -0.25) is 0 Å². The fourth-order valence-electron chi connectivity index (χ4n) is 2.54. The van der Waals surface area contributed by atoms with Crippen LogP contribution in [0.3, 0.4) is 0 Å². The lowest BCUT2D eigenvalue weighted by molar-refractivity contribution is 0.219. The molecule has 0 aromatic heterocycles. The van der Waals surface area contributed by atoms with E-state index in [-0.39, 0.29) is 11.9 Å². The summed E-state index contributed by atoms with van der Waals surface area (Å²) in [6, 6.07) is 10.1. The topological polar surface area (TPSA) is 29.5 Å². The summed E-state index contributed by atoms with van der Waals surface area (Å²) < 4.78 is 19.7. The molecule has 0 bridgehead atoms. The molecular weight excluding hydrogens is 323 g/mol. The van der Waals surface area contributed by atoms with E-state index < -0.39 is 6.10 Å². The Morgan fingerprint density at radius 3 is 2.80 bits per heavy atom. The summed E-state index contributed by atoms with van der Waals surface area (Å²) in [5, 5.41) is 10.4. The summed E-state index contributed by atoms with van der Waals surface area (Å²) in [5.74, 6) is 0.500. The highest BCUT2D eigenvalue weighted by Crippen LogP contribution is 2.33. The Bertz CT molecular complexity index is 637. The van der Waals surface area contributed by atoms with Crippen LogP contribution in [0.1, 0.15) is 29.7 Å². The van der Waals surface area contributed by atoms with Crippen molar-refractivity contribution in [3.05, 3.63) is 63.4 Å². The van der Waals surface area contributed by atoms with E-state index in [1.807, 2.05) is 25.1 Å². The minimum absolute atomic E-state index is 0.167. The van der Waals surface area contributed by atoms with Crippen LogP contribution in [-0.2, 0) is 6.42 Å².